The number of esters is 1. The van der Waals surface area contributed by atoms with Gasteiger partial charge < -0.3 is 18.9 Å². The molecule has 0 N–H and O–H groups in total. The van der Waals surface area contributed by atoms with Gasteiger partial charge in [0, 0.05) is 0 Å². The summed E-state index contributed by atoms with van der Waals surface area (Å²) >= 11 is 0. The third-order valence-corrected chi connectivity index (χ3v) is 3.70. The first-order chi connectivity index (χ1) is 13.9. The van der Waals surface area contributed by atoms with E-state index in [-0.39, 0.29) is 23.7 Å². The molecular formula is C19H13F3N2O5. The summed E-state index contributed by atoms with van der Waals surface area (Å²) in [7, 11) is 2.36. The maximum Gasteiger partial charge on any atom is 0.342 e. The zero-order chi connectivity index (χ0) is 21.7. The molecule has 150 valence electrons. The fourth-order valence-electron chi connectivity index (χ4n) is 2.41. The van der Waals surface area contributed by atoms with Crippen LogP contribution in [0.4, 0.5) is 13.2 Å². The van der Waals surface area contributed by atoms with Gasteiger partial charge in [0.15, 0.2) is 23.1 Å². The number of halogens is 3. The van der Waals surface area contributed by atoms with Gasteiger partial charge in [-0.2, -0.15) is 14.9 Å². The van der Waals surface area contributed by atoms with Crippen LogP contribution in [0.1, 0.15) is 28.4 Å². The van der Waals surface area contributed by atoms with Crippen LogP contribution in [0.5, 0.6) is 23.0 Å². The molecule has 29 heavy (non-hydrogen) atoms. The van der Waals surface area contributed by atoms with Gasteiger partial charge in [-0.25, -0.2) is 13.6 Å². The Labute approximate surface area is 163 Å². The molecule has 0 aromatic heterocycles. The van der Waals surface area contributed by atoms with Crippen LogP contribution in [0.2, 0.25) is 0 Å². The van der Waals surface area contributed by atoms with Gasteiger partial charge >= 0.3 is 5.97 Å². The molecule has 2 aromatic rings. The molecule has 0 fully saturated rings. The van der Waals surface area contributed by atoms with Crippen molar-refractivity contribution in [3.8, 4) is 35.1 Å². The van der Waals surface area contributed by atoms with Crippen molar-refractivity contribution in [3.05, 3.63) is 46.3 Å². The zero-order valence-corrected chi connectivity index (χ0v) is 15.4. The Balaban J connectivity index is 2.77. The quantitative estimate of drug-likeness (QED) is 0.531. The summed E-state index contributed by atoms with van der Waals surface area (Å²) in [6, 6.07) is 5.03. The van der Waals surface area contributed by atoms with Crippen molar-refractivity contribution in [2.24, 2.45) is 0 Å². The first-order valence-corrected chi connectivity index (χ1v) is 7.96. The monoisotopic (exact) mass is 406 g/mol. The van der Waals surface area contributed by atoms with Crippen molar-refractivity contribution in [3.63, 3.8) is 0 Å². The van der Waals surface area contributed by atoms with Gasteiger partial charge in [-0.3, -0.25) is 0 Å². The second kappa shape index (κ2) is 8.85. The summed E-state index contributed by atoms with van der Waals surface area (Å²) in [5, 5.41) is 17.9. The van der Waals surface area contributed by atoms with E-state index in [1.807, 2.05) is 0 Å². The molecule has 0 radical (unpaired) electrons. The first kappa shape index (κ1) is 21.4. The lowest BCUT2D eigenvalue weighted by atomic mass is 10.1. The smallest absolute Gasteiger partial charge is 0.342 e. The van der Waals surface area contributed by atoms with E-state index in [2.05, 4.69) is 0 Å². The summed E-state index contributed by atoms with van der Waals surface area (Å²) in [6.45, 7) is 1.61. The Morgan fingerprint density at radius 1 is 0.931 bits per heavy atom. The van der Waals surface area contributed by atoms with Gasteiger partial charge in [0.05, 0.1) is 20.8 Å². The molecular weight excluding hydrogens is 393 g/mol. The lowest BCUT2D eigenvalue weighted by molar-refractivity contribution is 0.0522. The van der Waals surface area contributed by atoms with E-state index in [1.165, 1.54) is 31.4 Å². The van der Waals surface area contributed by atoms with Crippen LogP contribution in [0.25, 0.3) is 0 Å². The Morgan fingerprint density at radius 2 is 1.55 bits per heavy atom. The lowest BCUT2D eigenvalue weighted by Crippen LogP contribution is -2.09. The maximum atomic E-state index is 14.6. The Hall–Kier alpha value is -3.92. The fourth-order valence-corrected chi connectivity index (χ4v) is 2.41. The molecule has 0 aliphatic rings. The molecule has 0 aliphatic heterocycles. The van der Waals surface area contributed by atoms with Crippen molar-refractivity contribution in [2.45, 2.75) is 6.92 Å². The van der Waals surface area contributed by atoms with Gasteiger partial charge in [-0.05, 0) is 19.1 Å². The van der Waals surface area contributed by atoms with E-state index in [0.717, 1.165) is 7.11 Å². The number of carbonyl (C=O) groups is 1. The molecule has 0 bridgehead atoms. The van der Waals surface area contributed by atoms with Crippen molar-refractivity contribution >= 4 is 5.97 Å². The minimum absolute atomic E-state index is 0.0415. The Bertz CT molecular complexity index is 1060. The average molecular weight is 406 g/mol. The lowest BCUT2D eigenvalue weighted by Gasteiger charge is -2.18. The third-order valence-electron chi connectivity index (χ3n) is 3.70. The molecule has 0 heterocycles. The van der Waals surface area contributed by atoms with Crippen molar-refractivity contribution in [1.82, 2.24) is 0 Å². The highest BCUT2D eigenvalue weighted by atomic mass is 19.2. The van der Waals surface area contributed by atoms with Gasteiger partial charge in [0.25, 0.3) is 0 Å². The summed E-state index contributed by atoms with van der Waals surface area (Å²) in [6.07, 6.45) is 0. The number of methoxy groups -OCH3 is 2. The van der Waals surface area contributed by atoms with E-state index >= 15 is 0 Å². The summed E-state index contributed by atoms with van der Waals surface area (Å²) in [4.78, 5) is 12.1. The number of benzene rings is 2. The molecule has 0 spiro atoms. The number of rotatable bonds is 6. The van der Waals surface area contributed by atoms with Crippen LogP contribution in [0.15, 0.2) is 12.1 Å². The molecule has 0 amide bonds. The average Bonchev–Trinajstić information content (AvgIpc) is 2.72. The molecule has 0 atom stereocenters. The van der Waals surface area contributed by atoms with Crippen molar-refractivity contribution in [2.75, 3.05) is 20.8 Å². The summed E-state index contributed by atoms with van der Waals surface area (Å²) in [5.74, 6) is -8.22. The van der Waals surface area contributed by atoms with E-state index in [4.69, 9.17) is 29.5 Å². The van der Waals surface area contributed by atoms with Crippen LogP contribution >= 0.6 is 0 Å². The molecule has 7 nitrogen and oxygen atoms in total. The number of hydrogen-bond acceptors (Lipinski definition) is 7. The molecule has 0 saturated carbocycles. The van der Waals surface area contributed by atoms with Crippen LogP contribution < -0.4 is 14.2 Å². The van der Waals surface area contributed by atoms with Crippen LogP contribution in [-0.4, -0.2) is 26.8 Å². The minimum atomic E-state index is -1.84. The second-order valence-corrected chi connectivity index (χ2v) is 5.24. The Morgan fingerprint density at radius 3 is 2.07 bits per heavy atom. The summed E-state index contributed by atoms with van der Waals surface area (Å²) in [5.41, 5.74) is -2.30. The molecule has 0 aliphatic carbocycles. The van der Waals surface area contributed by atoms with Crippen LogP contribution in [0.3, 0.4) is 0 Å². The zero-order valence-electron chi connectivity index (χ0n) is 15.4. The van der Waals surface area contributed by atoms with E-state index in [0.29, 0.717) is 0 Å². The van der Waals surface area contributed by atoms with Crippen molar-refractivity contribution < 1.29 is 36.9 Å². The molecule has 2 aromatic carbocycles. The maximum absolute atomic E-state index is 14.6. The highest BCUT2D eigenvalue weighted by Gasteiger charge is 2.30. The fraction of sp³-hybridized carbons (Fsp3) is 0.211. The van der Waals surface area contributed by atoms with Gasteiger partial charge in [-0.15, -0.1) is 0 Å². The minimum Gasteiger partial charge on any atom is -0.493 e. The molecule has 0 saturated heterocycles. The highest BCUT2D eigenvalue weighted by Crippen LogP contribution is 2.45. The van der Waals surface area contributed by atoms with E-state index in [9.17, 15) is 18.0 Å². The largest absolute Gasteiger partial charge is 0.493 e. The highest BCUT2D eigenvalue weighted by molar-refractivity contribution is 5.94. The SMILES string of the molecule is CCOC(=O)c1ccc(OC)c(Oc2c(F)c(F)c(C#N)c(C#N)c2F)c1OC. The second-order valence-electron chi connectivity index (χ2n) is 5.24. The Kier molecular flexibility index (Phi) is 6.52. The van der Waals surface area contributed by atoms with Gasteiger partial charge in [0.1, 0.15) is 28.8 Å². The first-order valence-electron chi connectivity index (χ1n) is 7.96. The van der Waals surface area contributed by atoms with E-state index in [1.54, 1.807) is 6.92 Å². The number of nitriles is 2. The standard InChI is InChI=1S/C19H13F3N2O5/c1-4-28-19(25)9-5-6-12(26-2)17(16(9)27-3)29-18-14(21)11(8-24)10(7-23)13(20)15(18)22/h5-6H,4H2,1-3H3. The van der Waals surface area contributed by atoms with Crippen molar-refractivity contribution in [1.29, 1.82) is 10.5 Å². The number of hydrogen-bond donors (Lipinski definition) is 0. The van der Waals surface area contributed by atoms with Gasteiger partial charge in [0.2, 0.25) is 17.3 Å². The van der Waals surface area contributed by atoms with Crippen LogP contribution in [-0.2, 0) is 4.74 Å². The number of carbonyl (C=O) groups excluding carboxylic acids is 1. The predicted octanol–water partition coefficient (Wildman–Crippen LogP) is 3.83. The van der Waals surface area contributed by atoms with Gasteiger partial charge in [-0.1, -0.05) is 0 Å². The van der Waals surface area contributed by atoms with Crippen LogP contribution in [0, 0.1) is 40.1 Å². The van der Waals surface area contributed by atoms with E-state index < -0.39 is 46.0 Å². The molecule has 0 unspecified atom stereocenters. The topological polar surface area (TPSA) is 102 Å². The number of nitrogens with zero attached hydrogens (tertiary/aromatic N) is 2. The molecule has 10 heteroatoms. The number of ether oxygens (including phenoxy) is 4. The third kappa shape index (κ3) is 3.73. The normalized spacial score (nSPS) is 9.93. The summed E-state index contributed by atoms with van der Waals surface area (Å²) < 4.78 is 63.4. The predicted molar refractivity (Wildman–Crippen MR) is 91.3 cm³/mol. The molecule has 2 rings (SSSR count).